The molecule has 1 N–H and O–H groups in total. The maximum Gasteiger partial charge on any atom is 0.341 e. The first-order chi connectivity index (χ1) is 15.9. The molecular formula is C23H23NO8S. The molecular weight excluding hydrogens is 450 g/mol. The van der Waals surface area contributed by atoms with Crippen LogP contribution in [0.25, 0.3) is 6.08 Å². The minimum Gasteiger partial charge on any atom is -0.493 e. The number of amides is 2. The summed E-state index contributed by atoms with van der Waals surface area (Å²) >= 11 is 0.837. The zero-order chi connectivity index (χ0) is 23.8. The van der Waals surface area contributed by atoms with Gasteiger partial charge in [0.05, 0.1) is 25.2 Å². The Balaban J connectivity index is 1.68. The molecule has 9 nitrogen and oxygen atoms in total. The molecule has 0 spiro atoms. The maximum atomic E-state index is 12.8. The molecule has 3 rings (SSSR count). The second-order valence-corrected chi connectivity index (χ2v) is 7.65. The fraction of sp³-hybridized carbons (Fsp3) is 0.261. The minimum absolute atomic E-state index is 0.0895. The van der Waals surface area contributed by atoms with Gasteiger partial charge in [-0.25, -0.2) is 4.79 Å². The number of aliphatic carboxylic acids is 1. The van der Waals surface area contributed by atoms with E-state index < -0.39 is 18.5 Å². The fourth-order valence-electron chi connectivity index (χ4n) is 2.97. The number of carbonyl (C=O) groups excluding carboxylic acids is 2. The van der Waals surface area contributed by atoms with Gasteiger partial charge in [-0.05, 0) is 54.6 Å². The van der Waals surface area contributed by atoms with E-state index in [0.29, 0.717) is 29.4 Å². The number of rotatable bonds is 11. The summed E-state index contributed by atoms with van der Waals surface area (Å²) in [6, 6.07) is 12.0. The van der Waals surface area contributed by atoms with Gasteiger partial charge in [0.1, 0.15) is 6.61 Å². The topological polar surface area (TPSA) is 112 Å². The molecule has 10 heteroatoms. The zero-order valence-electron chi connectivity index (χ0n) is 18.1. The van der Waals surface area contributed by atoms with Crippen LogP contribution in [0.4, 0.5) is 4.79 Å². The molecule has 0 atom stereocenters. The molecule has 1 fully saturated rings. The van der Waals surface area contributed by atoms with Crippen LogP contribution in [-0.2, 0) is 9.59 Å². The van der Waals surface area contributed by atoms with Gasteiger partial charge in [0.25, 0.3) is 11.1 Å². The summed E-state index contributed by atoms with van der Waals surface area (Å²) in [6.07, 6.45) is 1.58. The first-order valence-corrected chi connectivity index (χ1v) is 10.9. The van der Waals surface area contributed by atoms with Crippen molar-refractivity contribution in [2.45, 2.75) is 6.92 Å². The second-order valence-electron chi connectivity index (χ2n) is 6.65. The van der Waals surface area contributed by atoms with Crippen molar-refractivity contribution < 1.29 is 38.4 Å². The minimum atomic E-state index is -1.11. The summed E-state index contributed by atoms with van der Waals surface area (Å²) in [7, 11) is 1.53. The van der Waals surface area contributed by atoms with Crippen LogP contribution in [-0.4, -0.2) is 60.6 Å². The van der Waals surface area contributed by atoms with Crippen LogP contribution < -0.4 is 18.9 Å². The number of carbonyl (C=O) groups is 3. The molecule has 1 saturated heterocycles. The first kappa shape index (κ1) is 24.0. The summed E-state index contributed by atoms with van der Waals surface area (Å²) < 4.78 is 21.6. The van der Waals surface area contributed by atoms with Crippen molar-refractivity contribution in [2.75, 3.05) is 33.5 Å². The predicted octanol–water partition coefficient (Wildman–Crippen LogP) is 3.67. The maximum absolute atomic E-state index is 12.8. The van der Waals surface area contributed by atoms with Crippen molar-refractivity contribution in [3.05, 3.63) is 52.9 Å². The molecule has 0 aliphatic carbocycles. The van der Waals surface area contributed by atoms with Crippen LogP contribution in [0.5, 0.6) is 23.0 Å². The molecule has 174 valence electrons. The van der Waals surface area contributed by atoms with Gasteiger partial charge < -0.3 is 24.1 Å². The van der Waals surface area contributed by atoms with Crippen LogP contribution in [0.2, 0.25) is 0 Å². The molecule has 1 aliphatic rings. The second kappa shape index (κ2) is 11.3. The van der Waals surface area contributed by atoms with Crippen LogP contribution in [0.3, 0.4) is 0 Å². The van der Waals surface area contributed by atoms with Gasteiger partial charge in [-0.15, -0.1) is 0 Å². The number of benzene rings is 2. The number of para-hydroxylation sites is 2. The third kappa shape index (κ3) is 6.19. The van der Waals surface area contributed by atoms with Gasteiger partial charge in [0.2, 0.25) is 0 Å². The Kier molecular flexibility index (Phi) is 8.20. The number of ether oxygens (including phenoxy) is 4. The first-order valence-electron chi connectivity index (χ1n) is 10.1. The average Bonchev–Trinajstić information content (AvgIpc) is 3.06. The summed E-state index contributed by atoms with van der Waals surface area (Å²) in [4.78, 5) is 37.3. The lowest BCUT2D eigenvalue weighted by molar-refractivity contribution is -0.139. The molecule has 1 aliphatic heterocycles. The van der Waals surface area contributed by atoms with Gasteiger partial charge in [0.15, 0.2) is 29.6 Å². The van der Waals surface area contributed by atoms with Crippen molar-refractivity contribution in [1.29, 1.82) is 0 Å². The van der Waals surface area contributed by atoms with Gasteiger partial charge in [0, 0.05) is 0 Å². The highest BCUT2D eigenvalue weighted by Crippen LogP contribution is 2.35. The van der Waals surface area contributed by atoms with Gasteiger partial charge >= 0.3 is 5.97 Å². The normalized spacial score (nSPS) is 14.5. The van der Waals surface area contributed by atoms with E-state index in [1.165, 1.54) is 7.11 Å². The van der Waals surface area contributed by atoms with Crippen LogP contribution in [0, 0.1) is 0 Å². The smallest absolute Gasteiger partial charge is 0.341 e. The van der Waals surface area contributed by atoms with Crippen molar-refractivity contribution in [3.63, 3.8) is 0 Å². The molecule has 2 aromatic rings. The lowest BCUT2D eigenvalue weighted by Gasteiger charge is -2.14. The molecule has 0 saturated carbocycles. The van der Waals surface area contributed by atoms with E-state index in [-0.39, 0.29) is 29.0 Å². The molecule has 0 aromatic heterocycles. The number of hydrogen-bond acceptors (Lipinski definition) is 8. The van der Waals surface area contributed by atoms with Crippen LogP contribution in [0.1, 0.15) is 12.5 Å². The fourth-order valence-corrected chi connectivity index (χ4v) is 3.84. The average molecular weight is 474 g/mol. The van der Waals surface area contributed by atoms with Gasteiger partial charge in [-0.3, -0.25) is 14.5 Å². The predicted molar refractivity (Wildman–Crippen MR) is 122 cm³/mol. The summed E-state index contributed by atoms with van der Waals surface area (Å²) in [6.45, 7) is 1.83. The number of nitrogens with zero attached hydrogens (tertiary/aromatic N) is 1. The largest absolute Gasteiger partial charge is 0.493 e. The zero-order valence-corrected chi connectivity index (χ0v) is 18.9. The van der Waals surface area contributed by atoms with E-state index >= 15 is 0 Å². The highest BCUT2D eigenvalue weighted by Gasteiger charge is 2.34. The van der Waals surface area contributed by atoms with E-state index in [2.05, 4.69) is 0 Å². The Hall–Kier alpha value is -3.66. The van der Waals surface area contributed by atoms with E-state index in [1.54, 1.807) is 49.4 Å². The number of hydrogen-bond donors (Lipinski definition) is 1. The Labute approximate surface area is 194 Å². The monoisotopic (exact) mass is 473 g/mol. The summed E-state index contributed by atoms with van der Waals surface area (Å²) in [5.41, 5.74) is 0.608. The van der Waals surface area contributed by atoms with Crippen molar-refractivity contribution in [2.24, 2.45) is 0 Å². The van der Waals surface area contributed by atoms with Crippen molar-refractivity contribution in [1.82, 2.24) is 4.90 Å². The number of carboxylic acid groups (broad SMARTS) is 1. The van der Waals surface area contributed by atoms with E-state index in [0.717, 1.165) is 16.7 Å². The number of carboxylic acids is 1. The Morgan fingerprint density at radius 1 is 1.03 bits per heavy atom. The molecule has 2 amide bonds. The summed E-state index contributed by atoms with van der Waals surface area (Å²) in [5.74, 6) is 0.182. The van der Waals surface area contributed by atoms with Crippen molar-refractivity contribution >= 4 is 35.0 Å². The molecule has 1 heterocycles. The standard InChI is InChI=1S/C23H23NO8S/c1-3-30-19-12-15(8-9-18(19)32-14-21(25)26)13-20-22(27)24(23(28)33-20)10-11-31-17-7-5-4-6-16(17)29-2/h4-9,12-13H,3,10-11,14H2,1-2H3,(H,25,26)/b20-13-. The van der Waals surface area contributed by atoms with E-state index in [4.69, 9.17) is 24.1 Å². The molecule has 33 heavy (non-hydrogen) atoms. The van der Waals surface area contributed by atoms with Crippen LogP contribution >= 0.6 is 11.8 Å². The summed E-state index contributed by atoms with van der Waals surface area (Å²) in [5, 5.41) is 8.42. The Morgan fingerprint density at radius 3 is 2.45 bits per heavy atom. The van der Waals surface area contributed by atoms with Gasteiger partial charge in [-0.2, -0.15) is 0 Å². The third-order valence-electron chi connectivity index (χ3n) is 4.43. The SMILES string of the molecule is CCOc1cc(/C=C2\SC(=O)N(CCOc3ccccc3OC)C2=O)ccc1OCC(=O)O. The Morgan fingerprint density at radius 2 is 1.76 bits per heavy atom. The van der Waals surface area contributed by atoms with Gasteiger partial charge in [-0.1, -0.05) is 18.2 Å². The highest BCUT2D eigenvalue weighted by atomic mass is 32.2. The molecule has 2 aromatic carbocycles. The number of imide groups is 1. The Bertz CT molecular complexity index is 1070. The lowest BCUT2D eigenvalue weighted by Crippen LogP contribution is -2.32. The lowest BCUT2D eigenvalue weighted by atomic mass is 10.2. The number of methoxy groups -OCH3 is 1. The molecule has 0 unspecified atom stereocenters. The van der Waals surface area contributed by atoms with E-state index in [9.17, 15) is 14.4 Å². The third-order valence-corrected chi connectivity index (χ3v) is 5.34. The van der Waals surface area contributed by atoms with E-state index in [1.807, 2.05) is 6.07 Å². The quantitative estimate of drug-likeness (QED) is 0.489. The highest BCUT2D eigenvalue weighted by molar-refractivity contribution is 8.18. The van der Waals surface area contributed by atoms with Crippen LogP contribution in [0.15, 0.2) is 47.4 Å². The molecule has 0 bridgehead atoms. The number of thioether (sulfide) groups is 1. The molecule has 0 radical (unpaired) electrons. The van der Waals surface area contributed by atoms with Crippen molar-refractivity contribution in [3.8, 4) is 23.0 Å².